The highest BCUT2D eigenvalue weighted by molar-refractivity contribution is 5.95. The van der Waals surface area contributed by atoms with Crippen molar-refractivity contribution in [1.29, 1.82) is 0 Å². The van der Waals surface area contributed by atoms with Gasteiger partial charge in [-0.15, -0.1) is 0 Å². The summed E-state index contributed by atoms with van der Waals surface area (Å²) in [7, 11) is 0. The van der Waals surface area contributed by atoms with E-state index in [2.05, 4.69) is 15.5 Å². The van der Waals surface area contributed by atoms with E-state index in [-0.39, 0.29) is 17.9 Å². The number of amides is 1. The molecular weight excluding hydrogens is 258 g/mol. The Morgan fingerprint density at radius 2 is 2.00 bits per heavy atom. The number of nitrogens with zero attached hydrogens (tertiary/aromatic N) is 1. The number of aryl methyl sites for hydroxylation is 1. The fourth-order valence-corrected chi connectivity index (χ4v) is 1.84. The number of hydrogen-bond donors (Lipinski definition) is 3. The molecule has 0 fully saturated rings. The van der Waals surface area contributed by atoms with Crippen LogP contribution >= 0.6 is 0 Å². The third kappa shape index (κ3) is 2.85. The van der Waals surface area contributed by atoms with Crippen molar-refractivity contribution in [1.82, 2.24) is 10.2 Å². The highest BCUT2D eigenvalue weighted by Gasteiger charge is 2.14. The predicted molar refractivity (Wildman–Crippen MR) is 73.8 cm³/mol. The molecule has 0 radical (unpaired) electrons. The van der Waals surface area contributed by atoms with Gasteiger partial charge in [-0.1, -0.05) is 18.2 Å². The van der Waals surface area contributed by atoms with Crippen molar-refractivity contribution in [3.05, 3.63) is 46.6 Å². The Morgan fingerprint density at radius 1 is 1.30 bits per heavy atom. The number of rotatable bonds is 4. The van der Waals surface area contributed by atoms with E-state index in [1.165, 1.54) is 6.07 Å². The SMILES string of the molecule is Cc1[nH]nc(NC(=O)Cc2ccccc2C(=O)O)c1C. The minimum atomic E-state index is -1.04. The van der Waals surface area contributed by atoms with Crippen molar-refractivity contribution < 1.29 is 14.7 Å². The van der Waals surface area contributed by atoms with Crippen LogP contribution in [0.1, 0.15) is 27.2 Å². The second-order valence-corrected chi connectivity index (χ2v) is 4.51. The molecule has 0 saturated carbocycles. The molecule has 1 aromatic carbocycles. The zero-order chi connectivity index (χ0) is 14.7. The second-order valence-electron chi connectivity index (χ2n) is 4.51. The number of nitrogens with one attached hydrogen (secondary N) is 2. The number of carboxylic acid groups (broad SMARTS) is 1. The Hall–Kier alpha value is -2.63. The van der Waals surface area contributed by atoms with E-state index in [1.807, 2.05) is 13.8 Å². The van der Waals surface area contributed by atoms with Crippen molar-refractivity contribution in [3.63, 3.8) is 0 Å². The zero-order valence-electron chi connectivity index (χ0n) is 11.2. The van der Waals surface area contributed by atoms with Gasteiger partial charge >= 0.3 is 5.97 Å². The number of H-pyrrole nitrogens is 1. The number of anilines is 1. The number of aromatic amines is 1. The van der Waals surface area contributed by atoms with Crippen molar-refractivity contribution in [2.24, 2.45) is 0 Å². The van der Waals surface area contributed by atoms with Gasteiger partial charge in [0.05, 0.1) is 12.0 Å². The Balaban J connectivity index is 2.13. The lowest BCUT2D eigenvalue weighted by atomic mass is 10.0. The van der Waals surface area contributed by atoms with Crippen LogP contribution in [0.5, 0.6) is 0 Å². The van der Waals surface area contributed by atoms with Gasteiger partial charge in [0.2, 0.25) is 5.91 Å². The Labute approximate surface area is 115 Å². The van der Waals surface area contributed by atoms with Crippen molar-refractivity contribution in [2.45, 2.75) is 20.3 Å². The molecule has 2 aromatic rings. The van der Waals surface area contributed by atoms with E-state index in [0.29, 0.717) is 11.4 Å². The van der Waals surface area contributed by atoms with Crippen molar-refractivity contribution >= 4 is 17.7 Å². The molecule has 0 aliphatic carbocycles. The fourth-order valence-electron chi connectivity index (χ4n) is 1.84. The average molecular weight is 273 g/mol. The molecule has 1 aromatic heterocycles. The zero-order valence-corrected chi connectivity index (χ0v) is 11.2. The molecule has 1 heterocycles. The Kier molecular flexibility index (Phi) is 3.84. The maximum atomic E-state index is 12.0. The third-order valence-corrected chi connectivity index (χ3v) is 3.11. The highest BCUT2D eigenvalue weighted by atomic mass is 16.4. The Bertz CT molecular complexity index is 661. The molecular formula is C14H15N3O3. The van der Waals surface area contributed by atoms with Gasteiger partial charge in [0.1, 0.15) is 0 Å². The number of carbonyl (C=O) groups is 2. The summed E-state index contributed by atoms with van der Waals surface area (Å²) in [5, 5.41) is 18.5. The summed E-state index contributed by atoms with van der Waals surface area (Å²) in [5.41, 5.74) is 2.36. The number of carbonyl (C=O) groups excluding carboxylic acids is 1. The van der Waals surface area contributed by atoms with Gasteiger partial charge in [-0.3, -0.25) is 9.89 Å². The monoisotopic (exact) mass is 273 g/mol. The lowest BCUT2D eigenvalue weighted by molar-refractivity contribution is -0.115. The van der Waals surface area contributed by atoms with Crippen LogP contribution in [-0.4, -0.2) is 27.2 Å². The van der Waals surface area contributed by atoms with Crippen LogP contribution in [0.15, 0.2) is 24.3 Å². The van der Waals surface area contributed by atoms with Gasteiger partial charge in [-0.2, -0.15) is 5.10 Å². The van der Waals surface area contributed by atoms with Gasteiger partial charge in [0.15, 0.2) is 5.82 Å². The van der Waals surface area contributed by atoms with E-state index in [9.17, 15) is 9.59 Å². The summed E-state index contributed by atoms with van der Waals surface area (Å²) < 4.78 is 0. The lowest BCUT2D eigenvalue weighted by Crippen LogP contribution is -2.17. The molecule has 104 valence electrons. The molecule has 6 nitrogen and oxygen atoms in total. The highest BCUT2D eigenvalue weighted by Crippen LogP contribution is 2.15. The van der Waals surface area contributed by atoms with E-state index in [1.54, 1.807) is 18.2 Å². The molecule has 0 aliphatic rings. The van der Waals surface area contributed by atoms with Crippen LogP contribution < -0.4 is 5.32 Å². The summed E-state index contributed by atoms with van der Waals surface area (Å²) in [6.45, 7) is 3.71. The molecule has 0 spiro atoms. The van der Waals surface area contributed by atoms with Gasteiger partial charge in [-0.25, -0.2) is 4.79 Å². The number of aromatic nitrogens is 2. The maximum Gasteiger partial charge on any atom is 0.335 e. The van der Waals surface area contributed by atoms with Crippen LogP contribution in [0, 0.1) is 13.8 Å². The molecule has 2 rings (SSSR count). The third-order valence-electron chi connectivity index (χ3n) is 3.11. The second kappa shape index (κ2) is 5.56. The smallest absolute Gasteiger partial charge is 0.335 e. The van der Waals surface area contributed by atoms with Crippen LogP contribution in [0.2, 0.25) is 0 Å². The molecule has 0 bridgehead atoms. The minimum Gasteiger partial charge on any atom is -0.478 e. The van der Waals surface area contributed by atoms with Crippen molar-refractivity contribution in [2.75, 3.05) is 5.32 Å². The molecule has 0 saturated heterocycles. The van der Waals surface area contributed by atoms with Crippen LogP contribution in [0.25, 0.3) is 0 Å². The van der Waals surface area contributed by atoms with Gasteiger partial charge in [0, 0.05) is 11.3 Å². The van der Waals surface area contributed by atoms with Crippen LogP contribution in [0.4, 0.5) is 5.82 Å². The largest absolute Gasteiger partial charge is 0.478 e. The number of carboxylic acids is 1. The first-order valence-corrected chi connectivity index (χ1v) is 6.11. The first kappa shape index (κ1) is 13.8. The summed E-state index contributed by atoms with van der Waals surface area (Å²) >= 11 is 0. The topological polar surface area (TPSA) is 95.1 Å². The summed E-state index contributed by atoms with van der Waals surface area (Å²) in [5.74, 6) is -0.867. The molecule has 20 heavy (non-hydrogen) atoms. The maximum absolute atomic E-state index is 12.0. The number of hydrogen-bond acceptors (Lipinski definition) is 3. The summed E-state index contributed by atoms with van der Waals surface area (Å²) in [6, 6.07) is 6.45. The van der Waals surface area contributed by atoms with Crippen molar-refractivity contribution in [3.8, 4) is 0 Å². The quantitative estimate of drug-likeness (QED) is 0.793. The van der Waals surface area contributed by atoms with Gasteiger partial charge in [-0.05, 0) is 25.5 Å². The van der Waals surface area contributed by atoms with Gasteiger partial charge in [0.25, 0.3) is 0 Å². The first-order chi connectivity index (χ1) is 9.49. The van der Waals surface area contributed by atoms with E-state index in [4.69, 9.17) is 5.11 Å². The fraction of sp³-hybridized carbons (Fsp3) is 0.214. The van der Waals surface area contributed by atoms with E-state index in [0.717, 1.165) is 11.3 Å². The van der Waals surface area contributed by atoms with Crippen LogP contribution in [0.3, 0.4) is 0 Å². The molecule has 0 unspecified atom stereocenters. The molecule has 0 atom stereocenters. The lowest BCUT2D eigenvalue weighted by Gasteiger charge is -2.06. The van der Waals surface area contributed by atoms with E-state index < -0.39 is 5.97 Å². The standard InChI is InChI=1S/C14H15N3O3/c1-8-9(2)16-17-13(8)15-12(18)7-10-5-3-4-6-11(10)14(19)20/h3-6H,7H2,1-2H3,(H,19,20)(H2,15,16,17,18). The molecule has 1 amide bonds. The summed E-state index contributed by atoms with van der Waals surface area (Å²) in [4.78, 5) is 23.0. The molecule has 0 aliphatic heterocycles. The first-order valence-electron chi connectivity index (χ1n) is 6.11. The number of aromatic carboxylic acids is 1. The van der Waals surface area contributed by atoms with E-state index >= 15 is 0 Å². The minimum absolute atomic E-state index is 0.00613. The van der Waals surface area contributed by atoms with Gasteiger partial charge < -0.3 is 10.4 Å². The normalized spacial score (nSPS) is 10.3. The average Bonchev–Trinajstić information content (AvgIpc) is 2.71. The molecule has 6 heteroatoms. The van der Waals surface area contributed by atoms with Crippen LogP contribution in [-0.2, 0) is 11.2 Å². The summed E-state index contributed by atoms with van der Waals surface area (Å²) in [6.07, 6.45) is -0.00613. The number of benzene rings is 1. The molecule has 3 N–H and O–H groups in total. The Morgan fingerprint density at radius 3 is 2.60 bits per heavy atom. The predicted octanol–water partition coefficient (Wildman–Crippen LogP) is 1.91.